The van der Waals surface area contributed by atoms with E-state index in [-0.39, 0.29) is 12.8 Å². The fourth-order valence-electron chi connectivity index (χ4n) is 2.80. The molecule has 8 N–H and O–H groups in total. The fourth-order valence-corrected chi connectivity index (χ4v) is 2.80. The van der Waals surface area contributed by atoms with Crippen LogP contribution in [0.1, 0.15) is 44.9 Å². The zero-order valence-electron chi connectivity index (χ0n) is 16.8. The molecule has 14 nitrogen and oxygen atoms in total. The van der Waals surface area contributed by atoms with Crippen LogP contribution >= 0.6 is 0 Å². The molecule has 176 valence electrons. The molecule has 31 heavy (non-hydrogen) atoms. The SMILES string of the molecule is C=COC(CCCCCCCC(NC(=O)O)(NC(=O)O)OC=C)(NC(=O)O)NC(=O)O. The molecule has 0 fully saturated rings. The number of ether oxygens (including phenoxy) is 2. The second kappa shape index (κ2) is 13.4. The number of carbonyl (C=O) groups is 4. The van der Waals surface area contributed by atoms with Gasteiger partial charge in [-0.15, -0.1) is 0 Å². The lowest BCUT2D eigenvalue weighted by molar-refractivity contribution is -0.0384. The molecule has 0 saturated heterocycles. The minimum atomic E-state index is -1.89. The van der Waals surface area contributed by atoms with Crippen LogP contribution in [-0.2, 0) is 9.47 Å². The Morgan fingerprint density at radius 2 is 0.871 bits per heavy atom. The molecule has 4 amide bonds. The van der Waals surface area contributed by atoms with Crippen LogP contribution in [0, 0.1) is 0 Å². The first kappa shape index (κ1) is 27.2. The van der Waals surface area contributed by atoms with Gasteiger partial charge in [0.25, 0.3) is 11.7 Å². The van der Waals surface area contributed by atoms with Gasteiger partial charge in [-0.2, -0.15) is 0 Å². The van der Waals surface area contributed by atoms with Gasteiger partial charge < -0.3 is 29.9 Å². The molecule has 0 aromatic rings. The van der Waals surface area contributed by atoms with Crippen LogP contribution in [0.4, 0.5) is 19.2 Å². The summed E-state index contributed by atoms with van der Waals surface area (Å²) in [5, 5.41) is 43.6. The van der Waals surface area contributed by atoms with Crippen molar-refractivity contribution in [1.82, 2.24) is 21.3 Å². The smallest absolute Gasteiger partial charge is 0.409 e. The van der Waals surface area contributed by atoms with Crippen molar-refractivity contribution in [2.75, 3.05) is 0 Å². The third-order valence-electron chi connectivity index (χ3n) is 3.86. The van der Waals surface area contributed by atoms with E-state index in [0.29, 0.717) is 32.1 Å². The zero-order valence-corrected chi connectivity index (χ0v) is 16.8. The molecule has 14 heteroatoms. The molecule has 0 aliphatic rings. The Kier molecular flexibility index (Phi) is 11.7. The summed E-state index contributed by atoms with van der Waals surface area (Å²) in [5.74, 6) is -3.77. The highest BCUT2D eigenvalue weighted by Crippen LogP contribution is 2.19. The third-order valence-corrected chi connectivity index (χ3v) is 3.86. The van der Waals surface area contributed by atoms with Crippen LogP contribution < -0.4 is 21.3 Å². The summed E-state index contributed by atoms with van der Waals surface area (Å²) in [6.07, 6.45) is -1.80. The van der Waals surface area contributed by atoms with Gasteiger partial charge in [0.05, 0.1) is 12.5 Å². The van der Waals surface area contributed by atoms with Gasteiger partial charge in [0.2, 0.25) is 0 Å². The van der Waals surface area contributed by atoms with Gasteiger partial charge in [0.1, 0.15) is 0 Å². The molecule has 0 unspecified atom stereocenters. The first-order valence-corrected chi connectivity index (χ1v) is 9.11. The monoisotopic (exact) mass is 448 g/mol. The molecule has 0 atom stereocenters. The fraction of sp³-hybridized carbons (Fsp3) is 0.529. The maximum atomic E-state index is 11.0. The van der Waals surface area contributed by atoms with Crippen LogP contribution in [0.25, 0.3) is 0 Å². The highest BCUT2D eigenvalue weighted by molar-refractivity contribution is 5.69. The summed E-state index contributed by atoms with van der Waals surface area (Å²) in [7, 11) is 0. The summed E-state index contributed by atoms with van der Waals surface area (Å²) < 4.78 is 10.1. The molecular formula is C17H28N4O10. The van der Waals surface area contributed by atoms with E-state index < -0.39 is 36.1 Å². The molecule has 0 aromatic carbocycles. The summed E-state index contributed by atoms with van der Waals surface area (Å²) >= 11 is 0. The topological polar surface area (TPSA) is 216 Å². The number of hydrogen-bond acceptors (Lipinski definition) is 6. The van der Waals surface area contributed by atoms with Gasteiger partial charge in [-0.3, -0.25) is 21.3 Å². The van der Waals surface area contributed by atoms with E-state index in [1.54, 1.807) is 0 Å². The predicted octanol–water partition coefficient (Wildman–Crippen LogP) is 2.42. The summed E-state index contributed by atoms with van der Waals surface area (Å²) in [6.45, 7) is 6.61. The normalized spacial score (nSPS) is 10.8. The second-order valence-corrected chi connectivity index (χ2v) is 6.21. The lowest BCUT2D eigenvalue weighted by Crippen LogP contribution is -2.61. The van der Waals surface area contributed by atoms with E-state index in [4.69, 9.17) is 29.9 Å². The minimum absolute atomic E-state index is 0.0255. The Bertz CT molecular complexity index is 569. The second-order valence-electron chi connectivity index (χ2n) is 6.21. The van der Waals surface area contributed by atoms with E-state index in [1.165, 1.54) is 0 Å². The number of nitrogens with one attached hydrogen (secondary N) is 4. The highest BCUT2D eigenvalue weighted by Gasteiger charge is 2.36. The van der Waals surface area contributed by atoms with Gasteiger partial charge in [0, 0.05) is 12.8 Å². The quantitative estimate of drug-likeness (QED) is 0.0979. The molecule has 0 aliphatic heterocycles. The van der Waals surface area contributed by atoms with Gasteiger partial charge in [0.15, 0.2) is 0 Å². The molecule has 0 spiro atoms. The van der Waals surface area contributed by atoms with Crippen LogP contribution in [-0.4, -0.2) is 56.5 Å². The Morgan fingerprint density at radius 3 is 1.10 bits per heavy atom. The van der Waals surface area contributed by atoms with Gasteiger partial charge in [-0.05, 0) is 12.8 Å². The van der Waals surface area contributed by atoms with E-state index in [9.17, 15) is 19.2 Å². The summed E-state index contributed by atoms with van der Waals surface area (Å²) in [6, 6.07) is 0. The Labute approximate surface area is 177 Å². The van der Waals surface area contributed by atoms with Crippen molar-refractivity contribution in [3.63, 3.8) is 0 Å². The van der Waals surface area contributed by atoms with Crippen molar-refractivity contribution in [2.24, 2.45) is 0 Å². The first-order valence-electron chi connectivity index (χ1n) is 9.11. The highest BCUT2D eigenvalue weighted by atomic mass is 16.5. The number of rotatable bonds is 16. The average Bonchev–Trinajstić information content (AvgIpc) is 2.58. The lowest BCUT2D eigenvalue weighted by atomic mass is 10.1. The lowest BCUT2D eigenvalue weighted by Gasteiger charge is -2.32. The molecule has 0 bridgehead atoms. The maximum absolute atomic E-state index is 11.0. The van der Waals surface area contributed by atoms with E-state index in [0.717, 1.165) is 12.5 Å². The van der Waals surface area contributed by atoms with Crippen LogP contribution in [0.3, 0.4) is 0 Å². The summed E-state index contributed by atoms with van der Waals surface area (Å²) in [4.78, 5) is 43.9. The summed E-state index contributed by atoms with van der Waals surface area (Å²) in [5.41, 5.74) is 0. The van der Waals surface area contributed by atoms with Crippen LogP contribution in [0.15, 0.2) is 25.7 Å². The predicted molar refractivity (Wildman–Crippen MR) is 105 cm³/mol. The molecule has 0 rings (SSSR count). The molecule has 0 heterocycles. The van der Waals surface area contributed by atoms with Gasteiger partial charge in [-0.25, -0.2) is 19.2 Å². The standard InChI is InChI=1S/C17H28N4O10/c1-3-30-16(18-12(22)23,19-13(24)25)10-8-6-5-7-9-11-17(31-4-2,20-14(26)27)21-15(28)29/h3-4,18-21H,1-2,5-11H2,(H,22,23)(H,24,25)(H,26,27)(H,28,29). The zero-order chi connectivity index (χ0) is 23.9. The Morgan fingerprint density at radius 1 is 0.613 bits per heavy atom. The van der Waals surface area contributed by atoms with E-state index in [2.05, 4.69) is 13.2 Å². The van der Waals surface area contributed by atoms with Crippen molar-refractivity contribution >= 4 is 24.4 Å². The van der Waals surface area contributed by atoms with Crippen LogP contribution in [0.2, 0.25) is 0 Å². The molecule has 0 aliphatic carbocycles. The molecule has 0 saturated carbocycles. The number of hydrogen-bond donors (Lipinski definition) is 8. The van der Waals surface area contributed by atoms with E-state index in [1.807, 2.05) is 21.3 Å². The number of amides is 4. The number of unbranched alkanes of at least 4 members (excludes halogenated alkanes) is 4. The maximum Gasteiger partial charge on any atom is 0.409 e. The van der Waals surface area contributed by atoms with Gasteiger partial charge >= 0.3 is 24.4 Å². The van der Waals surface area contributed by atoms with Crippen molar-refractivity contribution in [1.29, 1.82) is 0 Å². The van der Waals surface area contributed by atoms with E-state index >= 15 is 0 Å². The van der Waals surface area contributed by atoms with Crippen LogP contribution in [0.5, 0.6) is 0 Å². The Balaban J connectivity index is 4.71. The molecular weight excluding hydrogens is 420 g/mol. The Hall–Kier alpha value is -3.84. The average molecular weight is 448 g/mol. The number of carboxylic acid groups (broad SMARTS) is 4. The molecule has 0 aromatic heterocycles. The minimum Gasteiger partial charge on any atom is -0.465 e. The first-order chi connectivity index (χ1) is 14.5. The third kappa shape index (κ3) is 11.7. The van der Waals surface area contributed by atoms with Crippen molar-refractivity contribution in [2.45, 2.75) is 56.6 Å². The van der Waals surface area contributed by atoms with Crippen molar-refractivity contribution in [3.8, 4) is 0 Å². The van der Waals surface area contributed by atoms with Gasteiger partial charge in [-0.1, -0.05) is 32.4 Å². The van der Waals surface area contributed by atoms with Crippen molar-refractivity contribution < 1.29 is 49.1 Å². The largest absolute Gasteiger partial charge is 0.465 e. The van der Waals surface area contributed by atoms with Crippen molar-refractivity contribution in [3.05, 3.63) is 25.7 Å². The molecule has 0 radical (unpaired) electrons.